The number of likely N-dealkylation sites (tertiary alicyclic amines) is 1. The van der Waals surface area contributed by atoms with E-state index >= 15 is 0 Å². The fraction of sp³-hybridized carbons (Fsp3) is 0.385. The molecule has 1 saturated heterocycles. The minimum atomic E-state index is -0.132. The Bertz CT molecular complexity index is 1200. The van der Waals surface area contributed by atoms with Crippen molar-refractivity contribution in [2.75, 3.05) is 45.2 Å². The first-order valence-corrected chi connectivity index (χ1v) is 13.2. The van der Waals surface area contributed by atoms with Gasteiger partial charge in [0.25, 0.3) is 5.91 Å². The Morgan fingerprint density at radius 1 is 1.31 bits per heavy atom. The third-order valence-electron chi connectivity index (χ3n) is 6.01. The smallest absolute Gasteiger partial charge is 0.273 e. The number of hydrogen-bond acceptors (Lipinski definition) is 8. The number of anilines is 2. The summed E-state index contributed by atoms with van der Waals surface area (Å²) in [6, 6.07) is 15.4. The van der Waals surface area contributed by atoms with Crippen LogP contribution < -0.4 is 10.1 Å². The highest BCUT2D eigenvalue weighted by Crippen LogP contribution is 2.27. The number of halogens is 1. The average Bonchev–Trinajstić information content (AvgIpc) is 3.36. The predicted molar refractivity (Wildman–Crippen MR) is 142 cm³/mol. The first kappa shape index (κ1) is 25.9. The Morgan fingerprint density at radius 3 is 2.94 bits per heavy atom. The molecule has 1 amide bonds. The van der Waals surface area contributed by atoms with Crippen molar-refractivity contribution in [3.63, 3.8) is 0 Å². The monoisotopic (exact) mass is 524 g/mol. The fourth-order valence-corrected chi connectivity index (χ4v) is 4.96. The van der Waals surface area contributed by atoms with Crippen molar-refractivity contribution in [2.24, 2.45) is 0 Å². The summed E-state index contributed by atoms with van der Waals surface area (Å²) >= 11 is 7.26. The molecule has 188 valence electrons. The van der Waals surface area contributed by atoms with E-state index in [-0.39, 0.29) is 5.91 Å². The third kappa shape index (κ3) is 7.17. The molecule has 2 aromatic heterocycles. The van der Waals surface area contributed by atoms with Crippen LogP contribution in [0.2, 0.25) is 5.02 Å². The number of rotatable bonds is 10. The summed E-state index contributed by atoms with van der Waals surface area (Å²) < 4.78 is 5.69. The lowest BCUT2D eigenvalue weighted by Crippen LogP contribution is -2.34. The summed E-state index contributed by atoms with van der Waals surface area (Å²) in [5, 5.41) is 15.3. The van der Waals surface area contributed by atoms with Gasteiger partial charge in [-0.25, -0.2) is 9.97 Å². The molecule has 0 bridgehead atoms. The SMILES string of the molecule is CN(CCCOc1ccc(Cl)cc1)C(=O)c1csc(Nc2cccc([C@H]3CCCN(CC#N)C3)n2)n1. The van der Waals surface area contributed by atoms with Crippen LogP contribution in [0.1, 0.15) is 41.4 Å². The average molecular weight is 525 g/mol. The minimum absolute atomic E-state index is 0.132. The van der Waals surface area contributed by atoms with E-state index in [0.717, 1.165) is 37.4 Å². The maximum Gasteiger partial charge on any atom is 0.273 e. The van der Waals surface area contributed by atoms with Crippen LogP contribution in [0.3, 0.4) is 0 Å². The first-order chi connectivity index (χ1) is 17.5. The molecule has 1 N–H and O–H groups in total. The number of nitriles is 1. The van der Waals surface area contributed by atoms with E-state index in [2.05, 4.69) is 21.3 Å². The maximum absolute atomic E-state index is 12.8. The molecule has 1 atom stereocenters. The van der Waals surface area contributed by atoms with Crippen LogP contribution in [-0.2, 0) is 0 Å². The fourth-order valence-electron chi connectivity index (χ4n) is 4.15. The van der Waals surface area contributed by atoms with Crippen molar-refractivity contribution in [1.29, 1.82) is 5.26 Å². The number of aromatic nitrogens is 2. The number of piperidine rings is 1. The van der Waals surface area contributed by atoms with Crippen molar-refractivity contribution in [2.45, 2.75) is 25.2 Å². The molecule has 4 rings (SSSR count). The van der Waals surface area contributed by atoms with E-state index in [1.54, 1.807) is 29.5 Å². The summed E-state index contributed by atoms with van der Waals surface area (Å²) in [6.45, 7) is 3.31. The van der Waals surface area contributed by atoms with Crippen molar-refractivity contribution < 1.29 is 9.53 Å². The molecule has 0 spiro atoms. The summed E-state index contributed by atoms with van der Waals surface area (Å²) in [6.07, 6.45) is 2.82. The third-order valence-corrected chi connectivity index (χ3v) is 7.02. The number of hydrogen-bond donors (Lipinski definition) is 1. The lowest BCUT2D eigenvalue weighted by atomic mass is 9.94. The predicted octanol–water partition coefficient (Wildman–Crippen LogP) is 5.18. The van der Waals surface area contributed by atoms with Crippen molar-refractivity contribution in [1.82, 2.24) is 19.8 Å². The lowest BCUT2D eigenvalue weighted by molar-refractivity contribution is 0.0783. The van der Waals surface area contributed by atoms with E-state index in [1.807, 2.05) is 30.3 Å². The molecule has 3 aromatic rings. The van der Waals surface area contributed by atoms with Gasteiger partial charge in [0.2, 0.25) is 0 Å². The number of ether oxygens (including phenoxy) is 1. The van der Waals surface area contributed by atoms with Crippen LogP contribution in [0.15, 0.2) is 47.8 Å². The van der Waals surface area contributed by atoms with Gasteiger partial charge in [-0.2, -0.15) is 5.26 Å². The molecule has 1 aliphatic rings. The Morgan fingerprint density at radius 2 is 2.14 bits per heavy atom. The van der Waals surface area contributed by atoms with Gasteiger partial charge >= 0.3 is 0 Å². The van der Waals surface area contributed by atoms with Gasteiger partial charge < -0.3 is 15.0 Å². The molecule has 3 heterocycles. The van der Waals surface area contributed by atoms with Crippen molar-refractivity contribution in [3.8, 4) is 11.8 Å². The molecule has 1 aromatic carbocycles. The molecule has 8 nitrogen and oxygen atoms in total. The number of carbonyl (C=O) groups excluding carboxylic acids is 1. The minimum Gasteiger partial charge on any atom is -0.494 e. The second-order valence-corrected chi connectivity index (χ2v) is 10.0. The van der Waals surface area contributed by atoms with Crippen LogP contribution in [0.4, 0.5) is 10.9 Å². The van der Waals surface area contributed by atoms with Gasteiger partial charge in [-0.3, -0.25) is 9.69 Å². The van der Waals surface area contributed by atoms with Crippen LogP contribution in [0, 0.1) is 11.3 Å². The molecule has 0 aliphatic carbocycles. The van der Waals surface area contributed by atoms with Crippen molar-refractivity contribution >= 4 is 39.8 Å². The number of thiazole rings is 1. The van der Waals surface area contributed by atoms with Gasteiger partial charge in [0, 0.05) is 42.2 Å². The maximum atomic E-state index is 12.8. The van der Waals surface area contributed by atoms with Gasteiger partial charge in [-0.05, 0) is 62.2 Å². The molecule has 1 fully saturated rings. The second-order valence-electron chi connectivity index (χ2n) is 8.73. The van der Waals surface area contributed by atoms with Gasteiger partial charge in [0.15, 0.2) is 5.13 Å². The number of nitrogens with zero attached hydrogens (tertiary/aromatic N) is 5. The van der Waals surface area contributed by atoms with Gasteiger partial charge in [0.1, 0.15) is 17.3 Å². The molecular formula is C26H29ClN6O2S. The van der Waals surface area contributed by atoms with Crippen LogP contribution >= 0.6 is 22.9 Å². The summed E-state index contributed by atoms with van der Waals surface area (Å²) in [7, 11) is 1.77. The molecule has 36 heavy (non-hydrogen) atoms. The Kier molecular flexibility index (Phi) is 9.11. The summed E-state index contributed by atoms with van der Waals surface area (Å²) in [5.41, 5.74) is 1.41. The van der Waals surface area contributed by atoms with E-state index in [0.29, 0.717) is 53.7 Å². The standard InChI is InChI=1S/C26H29ClN6O2S/c1-32(13-4-16-35-21-10-8-20(27)9-11-21)25(34)23-18-36-26(30-23)31-24-7-2-6-22(29-24)19-5-3-14-33(17-19)15-12-28/h2,6-11,18-19H,3-5,13-17H2,1H3,(H,29,30,31)/t19-/m0/s1. The largest absolute Gasteiger partial charge is 0.494 e. The van der Waals surface area contributed by atoms with Gasteiger partial charge in [-0.1, -0.05) is 17.7 Å². The quantitative estimate of drug-likeness (QED) is 0.288. The van der Waals surface area contributed by atoms with Crippen LogP contribution in [-0.4, -0.2) is 65.5 Å². The Hall–Kier alpha value is -3.19. The number of carbonyl (C=O) groups is 1. The number of benzene rings is 1. The Balaban J connectivity index is 1.27. The van der Waals surface area contributed by atoms with E-state index in [4.69, 9.17) is 26.6 Å². The second kappa shape index (κ2) is 12.7. The van der Waals surface area contributed by atoms with Gasteiger partial charge in [0.05, 0.1) is 19.2 Å². The van der Waals surface area contributed by atoms with Crippen LogP contribution in [0.25, 0.3) is 0 Å². The highest BCUT2D eigenvalue weighted by Gasteiger charge is 2.22. The highest BCUT2D eigenvalue weighted by molar-refractivity contribution is 7.14. The zero-order valence-electron chi connectivity index (χ0n) is 20.2. The molecule has 10 heteroatoms. The molecule has 0 unspecified atom stereocenters. The normalized spacial score (nSPS) is 15.8. The van der Waals surface area contributed by atoms with E-state index in [9.17, 15) is 4.79 Å². The summed E-state index contributed by atoms with van der Waals surface area (Å²) in [4.78, 5) is 25.9. The molecular weight excluding hydrogens is 496 g/mol. The lowest BCUT2D eigenvalue weighted by Gasteiger charge is -2.30. The molecule has 0 saturated carbocycles. The van der Waals surface area contributed by atoms with Gasteiger partial charge in [-0.15, -0.1) is 11.3 Å². The topological polar surface area (TPSA) is 94.4 Å². The number of amides is 1. The zero-order chi connectivity index (χ0) is 25.3. The molecule has 1 aliphatic heterocycles. The number of pyridine rings is 1. The number of nitrogens with one attached hydrogen (secondary N) is 1. The highest BCUT2D eigenvalue weighted by atomic mass is 35.5. The van der Waals surface area contributed by atoms with Crippen LogP contribution in [0.5, 0.6) is 5.75 Å². The molecule has 0 radical (unpaired) electrons. The van der Waals surface area contributed by atoms with E-state index in [1.165, 1.54) is 11.3 Å². The van der Waals surface area contributed by atoms with Crippen molar-refractivity contribution in [3.05, 3.63) is 64.3 Å². The first-order valence-electron chi connectivity index (χ1n) is 11.9. The van der Waals surface area contributed by atoms with E-state index < -0.39 is 0 Å². The Labute approximate surface area is 220 Å². The summed E-state index contributed by atoms with van der Waals surface area (Å²) in [5.74, 6) is 1.63. The zero-order valence-corrected chi connectivity index (χ0v) is 21.8.